The molecular weight excluding hydrogens is 290 g/mol. The highest BCUT2D eigenvalue weighted by molar-refractivity contribution is 7.90. The highest BCUT2D eigenvalue weighted by Gasteiger charge is 2.31. The molecule has 1 aromatic heterocycles. The van der Waals surface area contributed by atoms with Crippen LogP contribution in [-0.4, -0.2) is 48.4 Å². The lowest BCUT2D eigenvalue weighted by Crippen LogP contribution is -2.49. The van der Waals surface area contributed by atoms with Crippen LogP contribution in [-0.2, 0) is 21.2 Å². The van der Waals surface area contributed by atoms with Crippen molar-refractivity contribution in [3.63, 3.8) is 0 Å². The summed E-state index contributed by atoms with van der Waals surface area (Å²) in [5.74, 6) is -0.228. The fraction of sp³-hybridized carbons (Fsp3) is 0.643. The number of amides is 1. The summed E-state index contributed by atoms with van der Waals surface area (Å²) < 4.78 is 24.6. The Kier molecular flexibility index (Phi) is 4.43. The zero-order valence-electron chi connectivity index (χ0n) is 12.7. The van der Waals surface area contributed by atoms with Gasteiger partial charge in [-0.3, -0.25) is 4.79 Å². The fourth-order valence-corrected chi connectivity index (χ4v) is 3.48. The molecule has 1 aliphatic rings. The minimum absolute atomic E-state index is 0.0377. The fourth-order valence-electron chi connectivity index (χ4n) is 2.80. The molecule has 2 N–H and O–H groups in total. The average molecular weight is 313 g/mol. The van der Waals surface area contributed by atoms with Crippen LogP contribution in [0.4, 0.5) is 0 Å². The van der Waals surface area contributed by atoms with E-state index in [-0.39, 0.29) is 24.1 Å². The van der Waals surface area contributed by atoms with Crippen molar-refractivity contribution in [2.45, 2.75) is 38.9 Å². The molecule has 0 fully saturated rings. The summed E-state index contributed by atoms with van der Waals surface area (Å²) in [5.41, 5.74) is 8.17. The van der Waals surface area contributed by atoms with Crippen LogP contribution in [0.2, 0.25) is 0 Å². The standard InChI is InChI=1S/C14H23N3O3S/c1-10-4-5-13-11(2)17(8-7-16(10)13)14(18)12(15)6-9-21(3,19)20/h4-5,11-12H,6-9,15H2,1-3H3. The van der Waals surface area contributed by atoms with Crippen LogP contribution < -0.4 is 5.73 Å². The first-order valence-corrected chi connectivity index (χ1v) is 9.16. The first-order valence-electron chi connectivity index (χ1n) is 7.10. The number of hydrogen-bond acceptors (Lipinski definition) is 4. The maximum absolute atomic E-state index is 12.4. The van der Waals surface area contributed by atoms with Crippen LogP contribution >= 0.6 is 0 Å². The van der Waals surface area contributed by atoms with Gasteiger partial charge in [0.25, 0.3) is 0 Å². The van der Waals surface area contributed by atoms with Gasteiger partial charge in [-0.1, -0.05) is 0 Å². The Morgan fingerprint density at radius 2 is 2.10 bits per heavy atom. The van der Waals surface area contributed by atoms with Gasteiger partial charge in [0, 0.05) is 30.7 Å². The van der Waals surface area contributed by atoms with Crippen LogP contribution in [0.25, 0.3) is 0 Å². The van der Waals surface area contributed by atoms with E-state index in [1.54, 1.807) is 4.90 Å². The van der Waals surface area contributed by atoms with E-state index in [1.807, 2.05) is 26.0 Å². The van der Waals surface area contributed by atoms with Gasteiger partial charge in [0.2, 0.25) is 5.91 Å². The lowest BCUT2D eigenvalue weighted by molar-refractivity contribution is -0.135. The number of nitrogens with two attached hydrogens (primary N) is 1. The number of aromatic nitrogens is 1. The van der Waals surface area contributed by atoms with E-state index in [2.05, 4.69) is 4.57 Å². The van der Waals surface area contributed by atoms with Crippen molar-refractivity contribution in [2.75, 3.05) is 18.6 Å². The molecule has 0 radical (unpaired) electrons. The predicted octanol–water partition coefficient (Wildman–Crippen LogP) is 0.462. The van der Waals surface area contributed by atoms with E-state index < -0.39 is 15.9 Å². The molecule has 0 saturated heterocycles. The van der Waals surface area contributed by atoms with Gasteiger partial charge in [0.1, 0.15) is 9.84 Å². The molecule has 0 spiro atoms. The topological polar surface area (TPSA) is 85.4 Å². The zero-order chi connectivity index (χ0) is 15.8. The van der Waals surface area contributed by atoms with Crippen molar-refractivity contribution < 1.29 is 13.2 Å². The molecule has 1 amide bonds. The largest absolute Gasteiger partial charge is 0.345 e. The lowest BCUT2D eigenvalue weighted by atomic mass is 10.1. The van der Waals surface area contributed by atoms with Crippen molar-refractivity contribution in [3.05, 3.63) is 23.5 Å². The van der Waals surface area contributed by atoms with Gasteiger partial charge >= 0.3 is 0 Å². The Balaban J connectivity index is 2.07. The second kappa shape index (κ2) is 5.81. The summed E-state index contributed by atoms with van der Waals surface area (Å²) in [5, 5.41) is 0. The number of carbonyl (C=O) groups excluding carboxylic acids is 1. The Labute approximate surface area is 125 Å². The third kappa shape index (κ3) is 3.47. The second-order valence-corrected chi connectivity index (χ2v) is 8.04. The predicted molar refractivity (Wildman–Crippen MR) is 81.6 cm³/mol. The Hall–Kier alpha value is -1.34. The van der Waals surface area contributed by atoms with Gasteiger partial charge in [-0.05, 0) is 32.4 Å². The molecule has 7 heteroatoms. The smallest absolute Gasteiger partial charge is 0.240 e. The van der Waals surface area contributed by atoms with Crippen LogP contribution in [0.15, 0.2) is 12.1 Å². The molecule has 0 aromatic carbocycles. The van der Waals surface area contributed by atoms with Crippen molar-refractivity contribution in [2.24, 2.45) is 5.73 Å². The van der Waals surface area contributed by atoms with E-state index in [1.165, 1.54) is 5.69 Å². The molecule has 118 valence electrons. The van der Waals surface area contributed by atoms with Gasteiger partial charge in [-0.25, -0.2) is 8.42 Å². The minimum Gasteiger partial charge on any atom is -0.345 e. The molecule has 2 heterocycles. The van der Waals surface area contributed by atoms with Crippen molar-refractivity contribution in [1.82, 2.24) is 9.47 Å². The number of rotatable bonds is 4. The average Bonchev–Trinajstić information content (AvgIpc) is 2.77. The molecule has 0 aliphatic carbocycles. The maximum atomic E-state index is 12.4. The van der Waals surface area contributed by atoms with Gasteiger partial charge in [0.15, 0.2) is 0 Å². The van der Waals surface area contributed by atoms with Gasteiger partial charge in [0.05, 0.1) is 17.8 Å². The molecule has 0 bridgehead atoms. The second-order valence-electron chi connectivity index (χ2n) is 5.78. The summed E-state index contributed by atoms with van der Waals surface area (Å²) in [6.45, 7) is 5.38. The normalized spacial score (nSPS) is 20.2. The first-order chi connectivity index (χ1) is 9.70. The van der Waals surface area contributed by atoms with Crippen LogP contribution in [0.3, 0.4) is 0 Å². The molecular formula is C14H23N3O3S. The van der Waals surface area contributed by atoms with E-state index in [0.717, 1.165) is 18.5 Å². The molecule has 2 unspecified atom stereocenters. The van der Waals surface area contributed by atoms with Crippen molar-refractivity contribution in [3.8, 4) is 0 Å². The molecule has 2 rings (SSSR count). The summed E-state index contributed by atoms with van der Waals surface area (Å²) >= 11 is 0. The van der Waals surface area contributed by atoms with E-state index >= 15 is 0 Å². The van der Waals surface area contributed by atoms with Gasteiger partial charge in [-0.2, -0.15) is 0 Å². The minimum atomic E-state index is -3.10. The Morgan fingerprint density at radius 1 is 1.43 bits per heavy atom. The first kappa shape index (κ1) is 16.0. The summed E-state index contributed by atoms with van der Waals surface area (Å²) in [4.78, 5) is 14.2. The Bertz CT molecular complexity index is 636. The quantitative estimate of drug-likeness (QED) is 0.875. The molecule has 1 aromatic rings. The molecule has 0 saturated carbocycles. The van der Waals surface area contributed by atoms with E-state index in [9.17, 15) is 13.2 Å². The molecule has 2 atom stereocenters. The molecule has 21 heavy (non-hydrogen) atoms. The zero-order valence-corrected chi connectivity index (χ0v) is 13.6. The van der Waals surface area contributed by atoms with E-state index in [0.29, 0.717) is 6.54 Å². The van der Waals surface area contributed by atoms with Gasteiger partial charge in [-0.15, -0.1) is 0 Å². The number of sulfone groups is 1. The van der Waals surface area contributed by atoms with Gasteiger partial charge < -0.3 is 15.2 Å². The highest BCUT2D eigenvalue weighted by atomic mass is 32.2. The van der Waals surface area contributed by atoms with Crippen LogP contribution in [0.1, 0.15) is 30.8 Å². The number of carbonyl (C=O) groups is 1. The number of hydrogen-bond donors (Lipinski definition) is 1. The lowest BCUT2D eigenvalue weighted by Gasteiger charge is -2.36. The van der Waals surface area contributed by atoms with Crippen molar-refractivity contribution >= 4 is 15.7 Å². The summed E-state index contributed by atoms with van der Waals surface area (Å²) in [7, 11) is -3.10. The van der Waals surface area contributed by atoms with E-state index in [4.69, 9.17) is 5.73 Å². The SMILES string of the molecule is Cc1ccc2n1CCN(C(=O)C(N)CCS(C)(=O)=O)C2C. The summed E-state index contributed by atoms with van der Waals surface area (Å²) in [6, 6.07) is 3.28. The number of nitrogens with zero attached hydrogens (tertiary/aromatic N) is 2. The maximum Gasteiger partial charge on any atom is 0.240 e. The molecule has 1 aliphatic heterocycles. The summed E-state index contributed by atoms with van der Waals surface area (Å²) in [6.07, 6.45) is 1.32. The van der Waals surface area contributed by atoms with Crippen LogP contribution in [0, 0.1) is 6.92 Å². The third-order valence-corrected chi connectivity index (χ3v) is 5.07. The monoisotopic (exact) mass is 313 g/mol. The van der Waals surface area contributed by atoms with Crippen LogP contribution in [0.5, 0.6) is 0 Å². The van der Waals surface area contributed by atoms with Crippen molar-refractivity contribution in [1.29, 1.82) is 0 Å². The Morgan fingerprint density at radius 3 is 2.71 bits per heavy atom. The third-order valence-electron chi connectivity index (χ3n) is 4.09. The highest BCUT2D eigenvalue weighted by Crippen LogP contribution is 2.27. The molecule has 6 nitrogen and oxygen atoms in total. The number of aryl methyl sites for hydroxylation is 1. The number of fused-ring (bicyclic) bond motifs is 1.